The number of ketones is 4. The van der Waals surface area contributed by atoms with Crippen LogP contribution in [0.4, 0.5) is 0 Å². The molecule has 2 saturated carbocycles. The second-order valence-corrected chi connectivity index (χ2v) is 9.27. The lowest BCUT2D eigenvalue weighted by molar-refractivity contribution is -0.181. The number of phenols is 1. The molecule has 1 aromatic carbocycles. The first-order valence-corrected chi connectivity index (χ1v) is 10.7. The van der Waals surface area contributed by atoms with Crippen LogP contribution in [0.15, 0.2) is 12.1 Å². The van der Waals surface area contributed by atoms with Gasteiger partial charge in [-0.1, -0.05) is 0 Å². The second-order valence-electron chi connectivity index (χ2n) is 9.27. The summed E-state index contributed by atoms with van der Waals surface area (Å²) in [4.78, 5) is 78.9. The van der Waals surface area contributed by atoms with Crippen molar-refractivity contribution in [3.05, 3.63) is 28.8 Å². The summed E-state index contributed by atoms with van der Waals surface area (Å²) in [5.74, 6) is -12.2. The normalized spacial score (nSPS) is 32.7. The maximum absolute atomic E-state index is 13.6. The minimum absolute atomic E-state index is 0.00926. The molecular formula is C23H24N2O9. The fourth-order valence-corrected chi connectivity index (χ4v) is 5.91. The van der Waals surface area contributed by atoms with E-state index in [-0.39, 0.29) is 29.5 Å². The molecule has 1 aromatic rings. The van der Waals surface area contributed by atoms with Gasteiger partial charge in [-0.2, -0.15) is 0 Å². The number of aromatic hydroxyl groups is 1. The number of hydrogen-bond acceptors (Lipinski definition) is 10. The number of amides is 1. The Hall–Kier alpha value is -3.44. The molecule has 1 amide bonds. The summed E-state index contributed by atoms with van der Waals surface area (Å²) in [5, 5.41) is 21.8. The molecule has 0 bridgehead atoms. The van der Waals surface area contributed by atoms with Crippen LogP contribution < -0.4 is 5.73 Å². The number of phenolic OH excluding ortho intramolecular Hbond substituents is 1. The summed E-state index contributed by atoms with van der Waals surface area (Å²) < 4.78 is 4.77. The van der Waals surface area contributed by atoms with Gasteiger partial charge >= 0.3 is 5.97 Å². The Morgan fingerprint density at radius 3 is 2.35 bits per heavy atom. The van der Waals surface area contributed by atoms with Gasteiger partial charge in [0, 0.05) is 5.92 Å². The van der Waals surface area contributed by atoms with E-state index >= 15 is 0 Å². The lowest BCUT2D eigenvalue weighted by Crippen LogP contribution is -2.74. The molecule has 4 N–H and O–H groups in total. The summed E-state index contributed by atoms with van der Waals surface area (Å²) in [5.41, 5.74) is 2.47. The van der Waals surface area contributed by atoms with E-state index in [4.69, 9.17) is 10.5 Å². The highest BCUT2D eigenvalue weighted by molar-refractivity contribution is 6.32. The van der Waals surface area contributed by atoms with Crippen LogP contribution >= 0.6 is 0 Å². The van der Waals surface area contributed by atoms with Crippen LogP contribution in [-0.2, 0) is 30.3 Å². The fraction of sp³-hybridized carbons (Fsp3) is 0.478. The first-order chi connectivity index (χ1) is 15.9. The van der Waals surface area contributed by atoms with Crippen molar-refractivity contribution in [2.45, 2.75) is 24.5 Å². The molecule has 3 aliphatic rings. The van der Waals surface area contributed by atoms with Crippen LogP contribution in [-0.4, -0.2) is 83.0 Å². The molecule has 3 aliphatic carbocycles. The van der Waals surface area contributed by atoms with Gasteiger partial charge in [-0.05, 0) is 50.6 Å². The molecular weight excluding hydrogens is 448 g/mol. The van der Waals surface area contributed by atoms with Crippen LogP contribution in [0.5, 0.6) is 5.75 Å². The van der Waals surface area contributed by atoms with Gasteiger partial charge in [-0.25, -0.2) is 4.79 Å². The van der Waals surface area contributed by atoms with Crippen LogP contribution in [0, 0.1) is 23.7 Å². The van der Waals surface area contributed by atoms with Gasteiger partial charge in [-0.3, -0.25) is 28.9 Å². The average molecular weight is 472 g/mol. The third-order valence-corrected chi connectivity index (χ3v) is 7.35. The number of carbonyl (C=O) groups excluding carboxylic acids is 6. The number of esters is 1. The van der Waals surface area contributed by atoms with Crippen molar-refractivity contribution >= 4 is 35.0 Å². The van der Waals surface area contributed by atoms with Gasteiger partial charge in [0.15, 0.2) is 34.7 Å². The largest absolute Gasteiger partial charge is 0.507 e. The Labute approximate surface area is 193 Å². The van der Waals surface area contributed by atoms with E-state index in [1.807, 2.05) is 0 Å². The minimum atomic E-state index is -2.79. The number of carbonyl (C=O) groups is 6. The van der Waals surface area contributed by atoms with Crippen LogP contribution in [0.3, 0.4) is 0 Å². The lowest BCUT2D eigenvalue weighted by atomic mass is 9.52. The summed E-state index contributed by atoms with van der Waals surface area (Å²) in [6.07, 6.45) is -0.106. The van der Waals surface area contributed by atoms with E-state index in [2.05, 4.69) is 0 Å². The first-order valence-electron chi connectivity index (χ1n) is 10.7. The molecule has 11 heteroatoms. The van der Waals surface area contributed by atoms with Gasteiger partial charge in [0.1, 0.15) is 5.75 Å². The molecule has 0 radical (unpaired) electrons. The van der Waals surface area contributed by atoms with E-state index in [0.29, 0.717) is 0 Å². The van der Waals surface area contributed by atoms with Crippen molar-refractivity contribution in [3.63, 3.8) is 0 Å². The van der Waals surface area contributed by atoms with Gasteiger partial charge in [0.2, 0.25) is 5.91 Å². The number of benzene rings is 1. The summed E-state index contributed by atoms with van der Waals surface area (Å²) in [6, 6.07) is 1.25. The van der Waals surface area contributed by atoms with E-state index < -0.39 is 76.1 Å². The number of fused-ring (bicyclic) bond motifs is 3. The number of nitrogens with zero attached hydrogens (tertiary/aromatic N) is 1. The topological polar surface area (TPSA) is 181 Å². The third-order valence-electron chi connectivity index (χ3n) is 7.35. The second kappa shape index (κ2) is 7.81. The Morgan fingerprint density at radius 1 is 1.15 bits per heavy atom. The molecule has 0 heterocycles. The van der Waals surface area contributed by atoms with Gasteiger partial charge in [-0.15, -0.1) is 0 Å². The lowest BCUT2D eigenvalue weighted by Gasteiger charge is -2.52. The van der Waals surface area contributed by atoms with Crippen molar-refractivity contribution in [2.75, 3.05) is 21.2 Å². The smallest absolute Gasteiger partial charge is 0.338 e. The van der Waals surface area contributed by atoms with Crippen molar-refractivity contribution in [3.8, 4) is 5.75 Å². The number of nitrogens with two attached hydrogens (primary N) is 1. The number of hydrogen-bond donors (Lipinski definition) is 3. The molecule has 2 fully saturated rings. The first kappa shape index (κ1) is 23.7. The Bertz CT molecular complexity index is 1170. The number of methoxy groups -OCH3 is 1. The monoisotopic (exact) mass is 472 g/mol. The molecule has 0 aliphatic heterocycles. The van der Waals surface area contributed by atoms with Crippen molar-refractivity contribution in [2.24, 2.45) is 29.4 Å². The van der Waals surface area contributed by atoms with Crippen LogP contribution in [0.2, 0.25) is 0 Å². The molecule has 0 aromatic heterocycles. The van der Waals surface area contributed by atoms with Crippen molar-refractivity contribution < 1.29 is 43.7 Å². The third kappa shape index (κ3) is 2.96. The number of rotatable bonds is 3. The fourth-order valence-electron chi connectivity index (χ4n) is 5.91. The zero-order valence-corrected chi connectivity index (χ0v) is 18.7. The van der Waals surface area contributed by atoms with Gasteiger partial charge < -0.3 is 20.7 Å². The van der Waals surface area contributed by atoms with E-state index in [0.717, 1.165) is 13.2 Å². The average Bonchev–Trinajstić information content (AvgIpc) is 2.75. The number of likely N-dealkylation sites (N-methyl/N-ethyl adjacent to an activating group) is 1. The Balaban J connectivity index is 1.89. The van der Waals surface area contributed by atoms with Crippen molar-refractivity contribution in [1.82, 2.24) is 4.90 Å². The SMILES string of the molecule is COC(=O)c1ccc(O)c2c1C[C@H]1C[C@H]3[C@H](N(C)C)C(=O)C(C(N)=O)C(=O)[C@@]3(O)C(=O)C1C2=O. The summed E-state index contributed by atoms with van der Waals surface area (Å²) in [6.45, 7) is 0. The predicted octanol–water partition coefficient (Wildman–Crippen LogP) is -1.35. The van der Waals surface area contributed by atoms with Gasteiger partial charge in [0.25, 0.3) is 0 Å². The quantitative estimate of drug-likeness (QED) is 0.351. The maximum Gasteiger partial charge on any atom is 0.338 e. The number of Topliss-reactive ketones (excluding diaryl/α,β-unsaturated/α-hetero) is 4. The number of aliphatic hydroxyl groups is 1. The van der Waals surface area contributed by atoms with Crippen LogP contribution in [0.1, 0.15) is 32.7 Å². The molecule has 180 valence electrons. The Kier molecular flexibility index (Phi) is 5.45. The molecule has 2 unspecified atom stereocenters. The highest BCUT2D eigenvalue weighted by Gasteiger charge is 2.69. The predicted molar refractivity (Wildman–Crippen MR) is 113 cm³/mol. The molecule has 4 rings (SSSR count). The zero-order valence-electron chi connectivity index (χ0n) is 18.7. The summed E-state index contributed by atoms with van der Waals surface area (Å²) >= 11 is 0. The molecule has 0 saturated heterocycles. The van der Waals surface area contributed by atoms with E-state index in [9.17, 15) is 39.0 Å². The van der Waals surface area contributed by atoms with E-state index in [1.54, 1.807) is 0 Å². The zero-order chi connectivity index (χ0) is 25.3. The standard InChI is InChI=1S/C23H24N2O9/c1-25(2)16-11-7-8-6-10-9(22(32)34-3)4-5-12(26)14(10)17(27)13(8)19(29)23(11,33)20(30)15(18(16)28)21(24)31/h4-5,8,11,13,15-16,26,33H,6-7H2,1-3H3,(H2,24,31)/t8-,11-,13?,15?,16-,23-/m0/s1. The maximum atomic E-state index is 13.6. The molecule has 0 spiro atoms. The van der Waals surface area contributed by atoms with E-state index in [1.165, 1.54) is 25.1 Å². The Morgan fingerprint density at radius 2 is 1.79 bits per heavy atom. The number of primary amides is 1. The highest BCUT2D eigenvalue weighted by atomic mass is 16.5. The van der Waals surface area contributed by atoms with Crippen LogP contribution in [0.25, 0.3) is 0 Å². The van der Waals surface area contributed by atoms with Crippen molar-refractivity contribution in [1.29, 1.82) is 0 Å². The minimum Gasteiger partial charge on any atom is -0.507 e. The van der Waals surface area contributed by atoms with Gasteiger partial charge in [0.05, 0.1) is 30.2 Å². The highest BCUT2D eigenvalue weighted by Crippen LogP contribution is 2.51. The molecule has 11 nitrogen and oxygen atoms in total. The molecule has 34 heavy (non-hydrogen) atoms. The number of ether oxygens (including phenoxy) is 1. The summed E-state index contributed by atoms with van der Waals surface area (Å²) in [7, 11) is 4.17. The molecule has 6 atom stereocenters.